The standard InChI is InChI=1S/C25H29FN2O4/c1-13-6-19(23(29)15-4-5-18(26)20(9-15)32-3)28(2)22(13)24(30)27-21-16-7-14-8-17(21)12-25(31,10-14)11-16/h4-6,9,14,16-17,21,31H,7-8,10-12H2,1-3H3,(H,27,30). The fourth-order valence-corrected chi connectivity index (χ4v) is 6.69. The summed E-state index contributed by atoms with van der Waals surface area (Å²) in [5, 5.41) is 14.0. The Balaban J connectivity index is 1.38. The maximum atomic E-state index is 13.7. The average molecular weight is 441 g/mol. The fourth-order valence-electron chi connectivity index (χ4n) is 6.69. The molecule has 4 saturated carbocycles. The summed E-state index contributed by atoms with van der Waals surface area (Å²) < 4.78 is 20.4. The largest absolute Gasteiger partial charge is 0.494 e. The molecule has 32 heavy (non-hydrogen) atoms. The Hall–Kier alpha value is -2.67. The van der Waals surface area contributed by atoms with Crippen LogP contribution in [-0.2, 0) is 7.05 Å². The van der Waals surface area contributed by atoms with Crippen molar-refractivity contribution in [2.24, 2.45) is 24.8 Å². The van der Waals surface area contributed by atoms with Gasteiger partial charge >= 0.3 is 0 Å². The van der Waals surface area contributed by atoms with Crippen LogP contribution in [0.1, 0.15) is 64.2 Å². The second-order valence-corrected chi connectivity index (χ2v) is 9.99. The number of nitrogens with zero attached hydrogens (tertiary/aromatic N) is 1. The highest BCUT2D eigenvalue weighted by Gasteiger charge is 2.55. The van der Waals surface area contributed by atoms with Crippen molar-refractivity contribution >= 4 is 11.7 Å². The first kappa shape index (κ1) is 21.2. The molecule has 1 aromatic heterocycles. The number of carbonyl (C=O) groups is 2. The van der Waals surface area contributed by atoms with E-state index in [4.69, 9.17) is 4.74 Å². The monoisotopic (exact) mass is 440 g/mol. The molecule has 1 amide bonds. The van der Waals surface area contributed by atoms with Crippen molar-refractivity contribution in [2.75, 3.05) is 7.11 Å². The van der Waals surface area contributed by atoms with Gasteiger partial charge in [-0.3, -0.25) is 9.59 Å². The van der Waals surface area contributed by atoms with Gasteiger partial charge in [-0.2, -0.15) is 0 Å². The van der Waals surface area contributed by atoms with Crippen molar-refractivity contribution < 1.29 is 23.8 Å². The van der Waals surface area contributed by atoms with Gasteiger partial charge in [-0.1, -0.05) is 0 Å². The number of benzene rings is 1. The number of aromatic nitrogens is 1. The molecular weight excluding hydrogens is 411 g/mol. The molecule has 2 N–H and O–H groups in total. The molecule has 4 fully saturated rings. The molecule has 2 atom stereocenters. The highest BCUT2D eigenvalue weighted by molar-refractivity contribution is 6.09. The minimum Gasteiger partial charge on any atom is -0.494 e. The van der Waals surface area contributed by atoms with Gasteiger partial charge in [0.2, 0.25) is 5.78 Å². The highest BCUT2D eigenvalue weighted by Crippen LogP contribution is 2.55. The molecule has 4 aliphatic carbocycles. The van der Waals surface area contributed by atoms with E-state index in [0.29, 0.717) is 40.3 Å². The lowest BCUT2D eigenvalue weighted by Gasteiger charge is -2.58. The van der Waals surface area contributed by atoms with Crippen molar-refractivity contribution in [3.8, 4) is 5.75 Å². The van der Waals surface area contributed by atoms with Gasteiger partial charge in [-0.25, -0.2) is 4.39 Å². The maximum absolute atomic E-state index is 13.7. The van der Waals surface area contributed by atoms with Crippen molar-refractivity contribution in [2.45, 2.75) is 50.7 Å². The average Bonchev–Trinajstić information content (AvgIpc) is 3.03. The van der Waals surface area contributed by atoms with Crippen LogP contribution in [0, 0.1) is 30.5 Å². The van der Waals surface area contributed by atoms with Crippen molar-refractivity contribution in [1.82, 2.24) is 9.88 Å². The van der Waals surface area contributed by atoms with Crippen LogP contribution < -0.4 is 10.1 Å². The number of aryl methyl sites for hydroxylation is 1. The van der Waals surface area contributed by atoms with Crippen molar-refractivity contribution in [1.29, 1.82) is 0 Å². The predicted molar refractivity (Wildman–Crippen MR) is 116 cm³/mol. The second-order valence-electron chi connectivity index (χ2n) is 9.99. The van der Waals surface area contributed by atoms with Gasteiger partial charge in [0.1, 0.15) is 5.69 Å². The number of aliphatic hydroxyl groups is 1. The first-order valence-electron chi connectivity index (χ1n) is 11.3. The highest BCUT2D eigenvalue weighted by atomic mass is 19.1. The molecule has 0 saturated heterocycles. The lowest BCUT2D eigenvalue weighted by molar-refractivity contribution is -0.137. The van der Waals surface area contributed by atoms with Gasteiger partial charge < -0.3 is 19.7 Å². The summed E-state index contributed by atoms with van der Waals surface area (Å²) in [6.07, 6.45) is 4.54. The molecule has 4 bridgehead atoms. The summed E-state index contributed by atoms with van der Waals surface area (Å²) in [6, 6.07) is 5.76. The number of rotatable bonds is 5. The van der Waals surface area contributed by atoms with Gasteiger partial charge in [0.05, 0.1) is 18.4 Å². The molecule has 6 rings (SSSR count). The fraction of sp³-hybridized carbons (Fsp3) is 0.520. The normalized spacial score (nSPS) is 30.4. The number of nitrogens with one attached hydrogen (secondary N) is 1. The van der Waals surface area contributed by atoms with Crippen LogP contribution in [0.2, 0.25) is 0 Å². The molecule has 2 unspecified atom stereocenters. The van der Waals surface area contributed by atoms with Crippen molar-refractivity contribution in [3.05, 3.63) is 52.6 Å². The topological polar surface area (TPSA) is 80.6 Å². The number of amides is 1. The zero-order valence-corrected chi connectivity index (χ0v) is 18.7. The van der Waals surface area contributed by atoms with Crippen LogP contribution in [-0.4, -0.2) is 40.1 Å². The lowest BCUT2D eigenvalue weighted by Crippen LogP contribution is -2.61. The van der Waals surface area contributed by atoms with E-state index in [2.05, 4.69) is 5.32 Å². The zero-order chi connectivity index (χ0) is 22.8. The van der Waals surface area contributed by atoms with E-state index in [0.717, 1.165) is 32.1 Å². The summed E-state index contributed by atoms with van der Waals surface area (Å²) in [6.45, 7) is 1.82. The molecule has 2 aromatic rings. The van der Waals surface area contributed by atoms with Crippen LogP contribution in [0.4, 0.5) is 4.39 Å². The summed E-state index contributed by atoms with van der Waals surface area (Å²) in [4.78, 5) is 26.4. The van der Waals surface area contributed by atoms with Gasteiger partial charge in [-0.15, -0.1) is 0 Å². The SMILES string of the molecule is COc1cc(C(=O)c2cc(C)c(C(=O)NC3C4CC5CC3CC(O)(C5)C4)n2C)ccc1F. The molecule has 1 aromatic carbocycles. The number of methoxy groups -OCH3 is 1. The molecule has 0 spiro atoms. The van der Waals surface area contributed by atoms with Crippen molar-refractivity contribution in [3.63, 3.8) is 0 Å². The van der Waals surface area contributed by atoms with E-state index in [-0.39, 0.29) is 23.5 Å². The van der Waals surface area contributed by atoms with Gasteiger partial charge in [0, 0.05) is 18.7 Å². The van der Waals surface area contributed by atoms with Crippen LogP contribution in [0.25, 0.3) is 0 Å². The number of carbonyl (C=O) groups excluding carboxylic acids is 2. The molecular formula is C25H29FN2O4. The predicted octanol–water partition coefficient (Wildman–Crippen LogP) is 3.38. The molecule has 170 valence electrons. The van der Waals surface area contributed by atoms with E-state index in [1.54, 1.807) is 17.7 Å². The minimum atomic E-state index is -0.547. The number of hydrogen-bond acceptors (Lipinski definition) is 4. The first-order valence-corrected chi connectivity index (χ1v) is 11.3. The Labute approximate surface area is 186 Å². The van der Waals surface area contributed by atoms with E-state index in [1.165, 1.54) is 25.3 Å². The Bertz CT molecular complexity index is 1090. The Morgan fingerprint density at radius 2 is 1.88 bits per heavy atom. The molecule has 7 heteroatoms. The van der Waals surface area contributed by atoms with Crippen LogP contribution in [0.15, 0.2) is 24.3 Å². The Kier molecular flexibility index (Phi) is 4.93. The number of ketones is 1. The molecule has 1 heterocycles. The van der Waals surface area contributed by atoms with Crippen LogP contribution in [0.5, 0.6) is 5.75 Å². The van der Waals surface area contributed by atoms with Gasteiger partial charge in [-0.05, 0) is 86.6 Å². The number of halogens is 1. The third-order valence-corrected chi connectivity index (χ3v) is 7.82. The molecule has 0 radical (unpaired) electrons. The summed E-state index contributed by atoms with van der Waals surface area (Å²) in [5.41, 5.74) is 1.28. The van der Waals surface area contributed by atoms with E-state index in [9.17, 15) is 19.1 Å². The second kappa shape index (κ2) is 7.44. The maximum Gasteiger partial charge on any atom is 0.268 e. The van der Waals surface area contributed by atoms with Gasteiger partial charge in [0.15, 0.2) is 11.6 Å². The summed E-state index contributed by atoms with van der Waals surface area (Å²) >= 11 is 0. The Morgan fingerprint density at radius 1 is 1.19 bits per heavy atom. The van der Waals surface area contributed by atoms with Gasteiger partial charge in [0.25, 0.3) is 5.91 Å². The van der Waals surface area contributed by atoms with E-state index < -0.39 is 11.4 Å². The van der Waals surface area contributed by atoms with Crippen LogP contribution >= 0.6 is 0 Å². The third-order valence-electron chi connectivity index (χ3n) is 7.82. The molecule has 6 nitrogen and oxygen atoms in total. The number of ether oxygens (including phenoxy) is 1. The smallest absolute Gasteiger partial charge is 0.268 e. The summed E-state index contributed by atoms with van der Waals surface area (Å²) in [7, 11) is 3.06. The molecule has 0 aliphatic heterocycles. The van der Waals surface area contributed by atoms with E-state index >= 15 is 0 Å². The Morgan fingerprint density at radius 3 is 2.50 bits per heavy atom. The van der Waals surface area contributed by atoms with E-state index in [1.807, 2.05) is 6.92 Å². The summed E-state index contributed by atoms with van der Waals surface area (Å²) in [5.74, 6) is 0.164. The lowest BCUT2D eigenvalue weighted by atomic mass is 9.52. The third kappa shape index (κ3) is 3.34. The first-order chi connectivity index (χ1) is 15.2. The zero-order valence-electron chi connectivity index (χ0n) is 18.7. The molecule has 4 aliphatic rings. The minimum absolute atomic E-state index is 0.00305. The number of hydrogen-bond donors (Lipinski definition) is 2. The van der Waals surface area contributed by atoms with Crippen LogP contribution in [0.3, 0.4) is 0 Å². The quantitative estimate of drug-likeness (QED) is 0.699.